The fourth-order valence-electron chi connectivity index (χ4n) is 4.09. The molecular formula is C19H18N4O6. The molecule has 2 aromatic heterocycles. The van der Waals surface area contributed by atoms with E-state index in [9.17, 15) is 14.4 Å². The number of carboxylic acids is 1. The van der Waals surface area contributed by atoms with Crippen LogP contribution in [-0.4, -0.2) is 61.7 Å². The number of carboxylic acid groups (broad SMARTS) is 1. The van der Waals surface area contributed by atoms with Crippen LogP contribution in [0.3, 0.4) is 0 Å². The molecule has 5 rings (SSSR count). The van der Waals surface area contributed by atoms with Crippen LogP contribution < -0.4 is 0 Å². The summed E-state index contributed by atoms with van der Waals surface area (Å²) < 4.78 is 12.6. The molecule has 2 aromatic rings. The molecule has 0 spiro atoms. The number of hydrogen-bond acceptors (Lipinski definition) is 6. The van der Waals surface area contributed by atoms with E-state index in [1.165, 1.54) is 4.90 Å². The van der Waals surface area contributed by atoms with Gasteiger partial charge >= 0.3 is 12.1 Å². The summed E-state index contributed by atoms with van der Waals surface area (Å²) in [5.74, 6) is -0.733. The van der Waals surface area contributed by atoms with Gasteiger partial charge < -0.3 is 19.2 Å². The molecule has 0 aliphatic carbocycles. The minimum Gasteiger partial charge on any atom is -0.477 e. The van der Waals surface area contributed by atoms with Gasteiger partial charge in [-0.25, -0.2) is 14.1 Å². The van der Waals surface area contributed by atoms with Crippen molar-refractivity contribution in [3.63, 3.8) is 0 Å². The molecule has 1 N–H and O–H groups in total. The molecule has 3 aliphatic rings. The molecule has 0 aromatic carbocycles. The Morgan fingerprint density at radius 3 is 3.03 bits per heavy atom. The highest BCUT2D eigenvalue weighted by Crippen LogP contribution is 2.39. The van der Waals surface area contributed by atoms with E-state index < -0.39 is 5.97 Å². The topological polar surface area (TPSA) is 118 Å². The highest BCUT2D eigenvalue weighted by atomic mass is 16.6. The molecule has 2 amide bonds. The highest BCUT2D eigenvalue weighted by molar-refractivity contribution is 6.11. The zero-order valence-corrected chi connectivity index (χ0v) is 15.6. The number of β-lactam (4-membered cyclic amide) rings is 1. The minimum absolute atomic E-state index is 0.0379. The van der Waals surface area contributed by atoms with Crippen molar-refractivity contribution < 1.29 is 28.6 Å². The summed E-state index contributed by atoms with van der Waals surface area (Å²) in [5.41, 5.74) is 2.58. The first kappa shape index (κ1) is 17.5. The summed E-state index contributed by atoms with van der Waals surface area (Å²) in [4.78, 5) is 38.3. The van der Waals surface area contributed by atoms with Crippen molar-refractivity contribution in [2.24, 2.45) is 0 Å². The van der Waals surface area contributed by atoms with E-state index in [2.05, 4.69) is 5.10 Å². The van der Waals surface area contributed by atoms with Gasteiger partial charge in [0.1, 0.15) is 11.5 Å². The number of fused-ring (bicyclic) bond motifs is 4. The van der Waals surface area contributed by atoms with E-state index in [0.717, 1.165) is 5.69 Å². The normalized spacial score (nSPS) is 21.8. The predicted molar refractivity (Wildman–Crippen MR) is 97.5 cm³/mol. The zero-order valence-electron chi connectivity index (χ0n) is 15.6. The lowest BCUT2D eigenvalue weighted by Gasteiger charge is -2.38. The Balaban J connectivity index is 1.38. The Labute approximate surface area is 164 Å². The zero-order chi connectivity index (χ0) is 20.3. The molecule has 1 atom stereocenters. The van der Waals surface area contributed by atoms with Gasteiger partial charge in [0.05, 0.1) is 30.6 Å². The summed E-state index contributed by atoms with van der Waals surface area (Å²) >= 11 is 0. The number of amides is 2. The Morgan fingerprint density at radius 2 is 2.28 bits per heavy atom. The second-order valence-electron chi connectivity index (χ2n) is 7.08. The van der Waals surface area contributed by atoms with Crippen LogP contribution in [0, 0.1) is 0 Å². The molecule has 1 unspecified atom stereocenters. The number of oxazole rings is 1. The number of hydrogen-bond donors (Lipinski definition) is 1. The van der Waals surface area contributed by atoms with Gasteiger partial charge in [-0.1, -0.05) is 6.08 Å². The van der Waals surface area contributed by atoms with Gasteiger partial charge in [-0.2, -0.15) is 5.10 Å². The minimum atomic E-state index is -1.09. The monoisotopic (exact) mass is 398 g/mol. The summed E-state index contributed by atoms with van der Waals surface area (Å²) in [6.45, 7) is 2.92. The number of carbonyl (C=O) groups is 3. The molecular weight excluding hydrogens is 380 g/mol. The molecule has 29 heavy (non-hydrogen) atoms. The summed E-state index contributed by atoms with van der Waals surface area (Å²) in [5, 5.41) is 13.7. The number of rotatable bonds is 3. The molecule has 10 heteroatoms. The van der Waals surface area contributed by atoms with Gasteiger partial charge in [0.2, 0.25) is 5.71 Å². The van der Waals surface area contributed by atoms with Gasteiger partial charge in [0.15, 0.2) is 0 Å². The number of aliphatic carboxylic acids is 1. The largest absolute Gasteiger partial charge is 0.477 e. The molecule has 150 valence electrons. The second-order valence-corrected chi connectivity index (χ2v) is 7.08. The molecule has 0 bridgehead atoms. The molecule has 0 radical (unpaired) electrons. The first-order valence-corrected chi connectivity index (χ1v) is 9.38. The fourth-order valence-corrected chi connectivity index (χ4v) is 4.09. The smallest absolute Gasteiger partial charge is 0.410 e. The Morgan fingerprint density at radius 1 is 1.45 bits per heavy atom. The average Bonchev–Trinajstić information content (AvgIpc) is 3.36. The standard InChI is InChI=1S/C19H18N4O6/c1-2-28-19(27)21-6-5-13-15(9-21)29-16-8-10(20-23(13)16)7-11-12-3-4-14(18(25)26)22(12)17(11)24/h4,7-8,12H,2-3,5-6,9H2,1H3,(H,25,26)/b11-7+. The average molecular weight is 398 g/mol. The van der Waals surface area contributed by atoms with Crippen molar-refractivity contribution in [2.45, 2.75) is 32.4 Å². The first-order valence-electron chi connectivity index (χ1n) is 9.38. The third-order valence-corrected chi connectivity index (χ3v) is 5.43. The maximum atomic E-state index is 12.3. The molecule has 10 nitrogen and oxygen atoms in total. The van der Waals surface area contributed by atoms with Crippen LogP contribution in [0.4, 0.5) is 4.79 Å². The van der Waals surface area contributed by atoms with Crippen molar-refractivity contribution in [3.8, 4) is 0 Å². The van der Waals surface area contributed by atoms with Crippen LogP contribution in [0.2, 0.25) is 0 Å². The van der Waals surface area contributed by atoms with Gasteiger partial charge in [-0.15, -0.1) is 0 Å². The molecule has 1 saturated heterocycles. The quantitative estimate of drug-likeness (QED) is 0.613. The van der Waals surface area contributed by atoms with Crippen molar-refractivity contribution in [2.75, 3.05) is 13.2 Å². The molecule has 5 heterocycles. The van der Waals surface area contributed by atoms with E-state index in [1.54, 1.807) is 34.6 Å². The number of carbonyl (C=O) groups excluding carboxylic acids is 2. The van der Waals surface area contributed by atoms with E-state index in [4.69, 9.17) is 14.3 Å². The van der Waals surface area contributed by atoms with Crippen molar-refractivity contribution >= 4 is 29.8 Å². The Kier molecular flexibility index (Phi) is 3.76. The second kappa shape index (κ2) is 6.23. The Bertz CT molecular complexity index is 1120. The lowest BCUT2D eigenvalue weighted by Crippen LogP contribution is -2.52. The number of nitrogens with zero attached hydrogens (tertiary/aromatic N) is 4. The highest BCUT2D eigenvalue weighted by Gasteiger charge is 2.48. The predicted octanol–water partition coefficient (Wildman–Crippen LogP) is 1.41. The van der Waals surface area contributed by atoms with Gasteiger partial charge in [0, 0.05) is 24.6 Å². The lowest BCUT2D eigenvalue weighted by atomic mass is 9.93. The molecule has 1 fully saturated rings. The van der Waals surface area contributed by atoms with Crippen LogP contribution in [0.25, 0.3) is 11.8 Å². The Hall–Kier alpha value is -3.56. The third kappa shape index (κ3) is 2.55. The van der Waals surface area contributed by atoms with Crippen LogP contribution in [0.1, 0.15) is 30.5 Å². The van der Waals surface area contributed by atoms with Crippen LogP contribution in [0.15, 0.2) is 27.8 Å². The number of aromatic nitrogens is 2. The van der Waals surface area contributed by atoms with Crippen LogP contribution in [-0.2, 0) is 27.3 Å². The van der Waals surface area contributed by atoms with E-state index in [0.29, 0.717) is 55.3 Å². The van der Waals surface area contributed by atoms with Gasteiger partial charge in [-0.3, -0.25) is 9.69 Å². The lowest BCUT2D eigenvalue weighted by molar-refractivity contribution is -0.142. The SMILES string of the molecule is CCOC(=O)N1CCc2c(oc3cc(/C=C4/C(=O)N5C(C(=O)O)=CCC45)nn23)C1. The molecule has 0 saturated carbocycles. The van der Waals surface area contributed by atoms with Gasteiger partial charge in [-0.05, 0) is 19.4 Å². The maximum absolute atomic E-state index is 12.3. The number of ether oxygens (including phenoxy) is 1. The van der Waals surface area contributed by atoms with Crippen molar-refractivity contribution in [1.29, 1.82) is 0 Å². The fraction of sp³-hybridized carbons (Fsp3) is 0.368. The summed E-state index contributed by atoms with van der Waals surface area (Å²) in [6, 6.07) is 1.49. The molecule has 3 aliphatic heterocycles. The van der Waals surface area contributed by atoms with Crippen LogP contribution in [0.5, 0.6) is 0 Å². The first-order chi connectivity index (χ1) is 14.0. The van der Waals surface area contributed by atoms with Crippen LogP contribution >= 0.6 is 0 Å². The van der Waals surface area contributed by atoms with E-state index >= 15 is 0 Å². The van der Waals surface area contributed by atoms with E-state index in [-0.39, 0.29) is 23.7 Å². The van der Waals surface area contributed by atoms with Crippen molar-refractivity contribution in [1.82, 2.24) is 19.4 Å². The third-order valence-electron chi connectivity index (χ3n) is 5.43. The van der Waals surface area contributed by atoms with Gasteiger partial charge in [0.25, 0.3) is 5.91 Å². The maximum Gasteiger partial charge on any atom is 0.410 e. The summed E-state index contributed by atoms with van der Waals surface area (Å²) in [7, 11) is 0. The summed E-state index contributed by atoms with van der Waals surface area (Å²) in [6.07, 6.45) is 3.96. The van der Waals surface area contributed by atoms with Crippen molar-refractivity contribution in [3.05, 3.63) is 40.6 Å². The van der Waals surface area contributed by atoms with E-state index in [1.807, 2.05) is 0 Å².